The summed E-state index contributed by atoms with van der Waals surface area (Å²) in [6.45, 7) is 7.01. The second-order valence-electron chi connectivity index (χ2n) is 4.24. The van der Waals surface area contributed by atoms with Crippen LogP contribution < -0.4 is 0 Å². The quantitative estimate of drug-likeness (QED) is 0.847. The molecule has 0 radical (unpaired) electrons. The first-order valence-electron chi connectivity index (χ1n) is 6.26. The van der Waals surface area contributed by atoms with Crippen LogP contribution in [0.4, 0.5) is 0 Å². The van der Waals surface area contributed by atoms with Crippen LogP contribution in [0.3, 0.4) is 0 Å². The molecule has 5 nitrogen and oxygen atoms in total. The highest BCUT2D eigenvalue weighted by Gasteiger charge is 2.22. The van der Waals surface area contributed by atoms with Gasteiger partial charge in [0.15, 0.2) is 0 Å². The van der Waals surface area contributed by atoms with Crippen LogP contribution >= 0.6 is 15.9 Å². The average molecular weight is 316 g/mol. The van der Waals surface area contributed by atoms with Crippen molar-refractivity contribution in [2.45, 2.75) is 33.4 Å². The Bertz CT molecular complexity index is 445. The third kappa shape index (κ3) is 2.59. The van der Waals surface area contributed by atoms with Crippen molar-refractivity contribution in [2.24, 2.45) is 0 Å². The van der Waals surface area contributed by atoms with E-state index in [4.69, 9.17) is 4.74 Å². The number of amides is 1. The first-order valence-corrected chi connectivity index (χ1v) is 7.06. The van der Waals surface area contributed by atoms with Crippen LogP contribution in [0.1, 0.15) is 25.2 Å². The van der Waals surface area contributed by atoms with Gasteiger partial charge in [0, 0.05) is 13.1 Å². The van der Waals surface area contributed by atoms with E-state index < -0.39 is 0 Å². The topological polar surface area (TPSA) is 47.4 Å². The number of hydrogen-bond donors (Lipinski definition) is 0. The average Bonchev–Trinajstić information content (AvgIpc) is 2.69. The third-order valence-electron chi connectivity index (χ3n) is 3.12. The lowest BCUT2D eigenvalue weighted by molar-refractivity contribution is -0.143. The van der Waals surface area contributed by atoms with Gasteiger partial charge in [-0.3, -0.25) is 9.48 Å². The fraction of sp³-hybridized carbons (Fsp3) is 0.667. The van der Waals surface area contributed by atoms with Gasteiger partial charge in [-0.05, 0) is 29.3 Å². The second-order valence-corrected chi connectivity index (χ2v) is 5.04. The normalized spacial score (nSPS) is 16.4. The van der Waals surface area contributed by atoms with E-state index in [1.165, 1.54) is 0 Å². The van der Waals surface area contributed by atoms with Gasteiger partial charge in [-0.25, -0.2) is 0 Å². The van der Waals surface area contributed by atoms with Gasteiger partial charge in [-0.1, -0.05) is 6.92 Å². The van der Waals surface area contributed by atoms with Crippen molar-refractivity contribution in [1.82, 2.24) is 14.7 Å². The van der Waals surface area contributed by atoms with Crippen LogP contribution in [0, 0.1) is 0 Å². The minimum absolute atomic E-state index is 0.0510. The van der Waals surface area contributed by atoms with Gasteiger partial charge in [0.25, 0.3) is 0 Å². The monoisotopic (exact) mass is 315 g/mol. The summed E-state index contributed by atoms with van der Waals surface area (Å²) >= 11 is 3.60. The maximum Gasteiger partial charge on any atom is 0.249 e. The van der Waals surface area contributed by atoms with Crippen molar-refractivity contribution >= 4 is 21.8 Å². The molecule has 2 rings (SSSR count). The van der Waals surface area contributed by atoms with Gasteiger partial charge in [0.05, 0.1) is 29.0 Å². The van der Waals surface area contributed by atoms with Crippen molar-refractivity contribution in [3.05, 3.63) is 15.9 Å². The Balaban J connectivity index is 2.21. The van der Waals surface area contributed by atoms with Gasteiger partial charge >= 0.3 is 0 Å². The number of ether oxygens (including phenoxy) is 1. The van der Waals surface area contributed by atoms with Gasteiger partial charge < -0.3 is 9.64 Å². The molecule has 1 fully saturated rings. The van der Waals surface area contributed by atoms with Crippen LogP contribution in [-0.2, 0) is 29.0 Å². The fourth-order valence-corrected chi connectivity index (χ4v) is 2.76. The summed E-state index contributed by atoms with van der Waals surface area (Å²) in [6.07, 6.45) is 0.887. The third-order valence-corrected chi connectivity index (χ3v) is 4.03. The molecule has 0 N–H and O–H groups in total. The molecule has 100 valence electrons. The number of aryl methyl sites for hydroxylation is 2. The van der Waals surface area contributed by atoms with E-state index in [-0.39, 0.29) is 12.5 Å². The van der Waals surface area contributed by atoms with Crippen molar-refractivity contribution < 1.29 is 9.53 Å². The van der Waals surface area contributed by atoms with E-state index >= 15 is 0 Å². The summed E-state index contributed by atoms with van der Waals surface area (Å²) in [6, 6.07) is 0. The van der Waals surface area contributed by atoms with Gasteiger partial charge in [-0.15, -0.1) is 0 Å². The predicted molar refractivity (Wildman–Crippen MR) is 71.2 cm³/mol. The molecule has 1 aromatic heterocycles. The van der Waals surface area contributed by atoms with Crippen molar-refractivity contribution in [3.63, 3.8) is 0 Å². The van der Waals surface area contributed by atoms with Crippen molar-refractivity contribution in [1.29, 1.82) is 0 Å². The van der Waals surface area contributed by atoms with E-state index in [1.807, 2.05) is 9.58 Å². The fourth-order valence-electron chi connectivity index (χ4n) is 2.07. The van der Waals surface area contributed by atoms with E-state index in [0.29, 0.717) is 19.7 Å². The lowest BCUT2D eigenvalue weighted by Gasteiger charge is -2.27. The lowest BCUT2D eigenvalue weighted by Crippen LogP contribution is -2.41. The molecule has 1 aliphatic rings. The van der Waals surface area contributed by atoms with Gasteiger partial charge in [0.2, 0.25) is 5.91 Å². The summed E-state index contributed by atoms with van der Waals surface area (Å²) < 4.78 is 8.13. The Morgan fingerprint density at radius 2 is 2.22 bits per heavy atom. The van der Waals surface area contributed by atoms with Crippen LogP contribution in [0.5, 0.6) is 0 Å². The highest BCUT2D eigenvalue weighted by atomic mass is 79.9. The SMILES string of the molecule is CCc1nn(CC)c(CN2CCOCC2=O)c1Br. The number of morpholine rings is 1. The molecule has 1 aromatic rings. The molecule has 0 bridgehead atoms. The zero-order valence-corrected chi connectivity index (χ0v) is 12.4. The molecule has 1 amide bonds. The molecule has 0 saturated carbocycles. The molecule has 0 unspecified atom stereocenters. The lowest BCUT2D eigenvalue weighted by atomic mass is 10.2. The van der Waals surface area contributed by atoms with Crippen molar-refractivity contribution in [2.75, 3.05) is 19.8 Å². The summed E-state index contributed by atoms with van der Waals surface area (Å²) in [5.74, 6) is 0.0510. The molecule has 0 spiro atoms. The van der Waals surface area contributed by atoms with E-state index in [2.05, 4.69) is 34.9 Å². The Morgan fingerprint density at radius 1 is 1.44 bits per heavy atom. The Kier molecular flexibility index (Phi) is 4.40. The molecular weight excluding hydrogens is 298 g/mol. The van der Waals surface area contributed by atoms with Crippen LogP contribution in [0.25, 0.3) is 0 Å². The summed E-state index contributed by atoms with van der Waals surface area (Å²) in [4.78, 5) is 13.6. The van der Waals surface area contributed by atoms with Crippen LogP contribution in [-0.4, -0.2) is 40.3 Å². The zero-order chi connectivity index (χ0) is 13.1. The molecule has 1 aliphatic heterocycles. The molecule has 6 heteroatoms. The Labute approximate surface area is 115 Å². The standard InChI is InChI=1S/C12H18BrN3O2/c1-3-9-12(13)10(16(4-2)14-9)7-15-5-6-18-8-11(15)17/h3-8H2,1-2H3. The largest absolute Gasteiger partial charge is 0.370 e. The maximum absolute atomic E-state index is 11.7. The number of nitrogens with zero attached hydrogens (tertiary/aromatic N) is 3. The maximum atomic E-state index is 11.7. The van der Waals surface area contributed by atoms with E-state index in [9.17, 15) is 4.79 Å². The Morgan fingerprint density at radius 3 is 2.83 bits per heavy atom. The number of aromatic nitrogens is 2. The number of rotatable bonds is 4. The number of carbonyl (C=O) groups is 1. The molecule has 0 aromatic carbocycles. The van der Waals surface area contributed by atoms with Crippen LogP contribution in [0.2, 0.25) is 0 Å². The van der Waals surface area contributed by atoms with Crippen molar-refractivity contribution in [3.8, 4) is 0 Å². The second kappa shape index (κ2) is 5.84. The molecule has 1 saturated heterocycles. The molecule has 18 heavy (non-hydrogen) atoms. The number of halogens is 1. The highest BCUT2D eigenvalue weighted by molar-refractivity contribution is 9.10. The summed E-state index contributed by atoms with van der Waals surface area (Å²) in [7, 11) is 0. The van der Waals surface area contributed by atoms with E-state index in [1.54, 1.807) is 0 Å². The van der Waals surface area contributed by atoms with Crippen LogP contribution in [0.15, 0.2) is 4.47 Å². The van der Waals surface area contributed by atoms with Gasteiger partial charge in [0.1, 0.15) is 6.61 Å². The first kappa shape index (κ1) is 13.5. The Hall–Kier alpha value is -0.880. The van der Waals surface area contributed by atoms with E-state index in [0.717, 1.165) is 28.8 Å². The predicted octanol–water partition coefficient (Wildman–Crippen LogP) is 1.59. The molecule has 0 aliphatic carbocycles. The number of hydrogen-bond acceptors (Lipinski definition) is 3. The molecule has 2 heterocycles. The molecule has 0 atom stereocenters. The van der Waals surface area contributed by atoms with Gasteiger partial charge in [-0.2, -0.15) is 5.10 Å². The summed E-state index contributed by atoms with van der Waals surface area (Å²) in [5.41, 5.74) is 2.12. The summed E-state index contributed by atoms with van der Waals surface area (Å²) in [5, 5.41) is 4.54. The number of carbonyl (C=O) groups excluding carboxylic acids is 1. The smallest absolute Gasteiger partial charge is 0.249 e. The highest BCUT2D eigenvalue weighted by Crippen LogP contribution is 2.24. The molecular formula is C12H18BrN3O2. The minimum Gasteiger partial charge on any atom is -0.370 e. The minimum atomic E-state index is 0.0510. The first-order chi connectivity index (χ1) is 8.67. The zero-order valence-electron chi connectivity index (χ0n) is 10.8.